The third-order valence-corrected chi connectivity index (χ3v) is 6.72. The zero-order valence-corrected chi connectivity index (χ0v) is 18.1. The highest BCUT2D eigenvalue weighted by molar-refractivity contribution is 7.51. The van der Waals surface area contributed by atoms with Crippen molar-refractivity contribution in [1.29, 1.82) is 0 Å². The third kappa shape index (κ3) is 5.99. The fourth-order valence-electron chi connectivity index (χ4n) is 2.15. The summed E-state index contributed by atoms with van der Waals surface area (Å²) in [6.07, 6.45) is 3.90. The number of rotatable bonds is 8. The zero-order valence-electron chi connectivity index (χ0n) is 16.3. The van der Waals surface area contributed by atoms with Gasteiger partial charge in [0, 0.05) is 7.05 Å². The summed E-state index contributed by atoms with van der Waals surface area (Å²) in [5.41, 5.74) is 2.15. The van der Waals surface area contributed by atoms with Crippen molar-refractivity contribution in [2.45, 2.75) is 0 Å². The number of hydrogen-bond acceptors (Lipinski definition) is 6. The van der Waals surface area contributed by atoms with Gasteiger partial charge in [0.25, 0.3) is 0 Å². The van der Waals surface area contributed by atoms with E-state index in [4.69, 9.17) is 9.53 Å². The van der Waals surface area contributed by atoms with Gasteiger partial charge in [0.1, 0.15) is 0 Å². The number of nitrogens with zero attached hydrogens (tertiary/aromatic N) is 7. The molecule has 1 heterocycles. The second-order valence-electron chi connectivity index (χ2n) is 6.16. The maximum Gasteiger partial charge on any atom is 0.168 e. The van der Waals surface area contributed by atoms with Crippen LogP contribution >= 0.6 is 16.7 Å². The third-order valence-electron chi connectivity index (χ3n) is 3.22. The van der Waals surface area contributed by atoms with Crippen LogP contribution in [0.15, 0.2) is 21.7 Å². The molecular formula is C15H31N7P2. The van der Waals surface area contributed by atoms with E-state index in [-0.39, 0.29) is 0 Å². The number of hydrogen-bond donors (Lipinski definition) is 0. The zero-order chi connectivity index (χ0) is 18.4. The minimum atomic E-state index is -0.662. The van der Waals surface area contributed by atoms with Crippen LogP contribution in [0, 0.1) is 0 Å². The molecule has 0 spiro atoms. The lowest BCUT2D eigenvalue weighted by Gasteiger charge is -2.25. The van der Waals surface area contributed by atoms with E-state index >= 15 is 0 Å². The minimum absolute atomic E-state index is 0.662. The van der Waals surface area contributed by atoms with Gasteiger partial charge in [0.15, 0.2) is 16.7 Å². The maximum atomic E-state index is 4.73. The van der Waals surface area contributed by atoms with Crippen LogP contribution in [0.1, 0.15) is 11.4 Å². The Kier molecular flexibility index (Phi) is 8.65. The lowest BCUT2D eigenvalue weighted by molar-refractivity contribution is 0.575. The standard InChI is InChI=1S/C15H31N7P2/c1-18(2)23(19(3)4)16-12-14-10-11-15(22(14)9)13-17-24(20(5)6)21(7)8/h10-13H,1-9H3/b16-12+,17-13+. The van der Waals surface area contributed by atoms with Crippen molar-refractivity contribution < 1.29 is 0 Å². The molecule has 0 aliphatic rings. The Labute approximate surface area is 149 Å². The molecule has 1 rings (SSSR count). The summed E-state index contributed by atoms with van der Waals surface area (Å²) < 4.78 is 20.1. The predicted molar refractivity (Wildman–Crippen MR) is 109 cm³/mol. The van der Waals surface area contributed by atoms with Gasteiger partial charge in [-0.2, -0.15) is 0 Å². The van der Waals surface area contributed by atoms with Crippen LogP contribution in [0.2, 0.25) is 0 Å². The van der Waals surface area contributed by atoms with E-state index in [1.807, 2.05) is 19.5 Å². The lowest BCUT2D eigenvalue weighted by Crippen LogP contribution is -2.15. The molecule has 0 saturated heterocycles. The predicted octanol–water partition coefficient (Wildman–Crippen LogP) is 2.56. The lowest BCUT2D eigenvalue weighted by atomic mass is 10.4. The van der Waals surface area contributed by atoms with E-state index < -0.39 is 16.7 Å². The minimum Gasteiger partial charge on any atom is -0.342 e. The first kappa shape index (κ1) is 21.4. The molecule has 0 fully saturated rings. The van der Waals surface area contributed by atoms with Gasteiger partial charge in [-0.25, -0.2) is 9.53 Å². The van der Waals surface area contributed by atoms with Crippen LogP contribution in [0.25, 0.3) is 0 Å². The molecule has 0 aromatic carbocycles. The maximum absolute atomic E-state index is 4.73. The molecule has 24 heavy (non-hydrogen) atoms. The van der Waals surface area contributed by atoms with Crippen LogP contribution in [0.3, 0.4) is 0 Å². The molecule has 0 unspecified atom stereocenters. The summed E-state index contributed by atoms with van der Waals surface area (Å²) >= 11 is 0. The Morgan fingerprint density at radius 2 is 1.00 bits per heavy atom. The fourth-order valence-corrected chi connectivity index (χ4v) is 4.85. The molecule has 0 bridgehead atoms. The fraction of sp³-hybridized carbons (Fsp3) is 0.600. The Bertz CT molecular complexity index is 501. The largest absolute Gasteiger partial charge is 0.342 e. The molecule has 0 aliphatic heterocycles. The summed E-state index contributed by atoms with van der Waals surface area (Å²) in [5.74, 6) is 0. The monoisotopic (exact) mass is 371 g/mol. The van der Waals surface area contributed by atoms with Crippen molar-refractivity contribution in [1.82, 2.24) is 23.2 Å². The normalized spacial score (nSPS) is 13.5. The average molecular weight is 371 g/mol. The van der Waals surface area contributed by atoms with Crippen molar-refractivity contribution in [2.24, 2.45) is 16.6 Å². The molecule has 0 N–H and O–H groups in total. The second-order valence-corrected chi connectivity index (χ2v) is 10.9. The van der Waals surface area contributed by atoms with Gasteiger partial charge < -0.3 is 4.57 Å². The van der Waals surface area contributed by atoms with Crippen LogP contribution in [-0.2, 0) is 7.05 Å². The van der Waals surface area contributed by atoms with Gasteiger partial charge in [0.2, 0.25) is 0 Å². The molecule has 9 heteroatoms. The summed E-state index contributed by atoms with van der Waals surface area (Å²) in [7, 11) is 17.1. The highest BCUT2D eigenvalue weighted by Crippen LogP contribution is 2.41. The van der Waals surface area contributed by atoms with Gasteiger partial charge in [-0.05, 0) is 68.5 Å². The highest BCUT2D eigenvalue weighted by Gasteiger charge is 2.13. The molecule has 1 aromatic heterocycles. The summed E-state index contributed by atoms with van der Waals surface area (Å²) in [6, 6.07) is 4.16. The van der Waals surface area contributed by atoms with E-state index in [1.54, 1.807) is 0 Å². The van der Waals surface area contributed by atoms with Crippen molar-refractivity contribution >= 4 is 29.2 Å². The van der Waals surface area contributed by atoms with E-state index in [0.717, 1.165) is 11.4 Å². The van der Waals surface area contributed by atoms with Crippen LogP contribution in [-0.4, -0.2) is 92.1 Å². The molecule has 0 radical (unpaired) electrons. The van der Waals surface area contributed by atoms with E-state index in [2.05, 4.69) is 91.8 Å². The smallest absolute Gasteiger partial charge is 0.168 e. The van der Waals surface area contributed by atoms with Gasteiger partial charge in [0.05, 0.1) is 23.8 Å². The van der Waals surface area contributed by atoms with Gasteiger partial charge in [-0.3, -0.25) is 18.7 Å². The van der Waals surface area contributed by atoms with Crippen molar-refractivity contribution in [3.05, 3.63) is 23.5 Å². The van der Waals surface area contributed by atoms with Gasteiger partial charge in [-0.1, -0.05) is 0 Å². The topological polar surface area (TPSA) is 42.6 Å². The SMILES string of the molecule is CN(C)P(/N=C/c1ccc(/C=N/P(N(C)C)N(C)C)n1C)N(C)C. The van der Waals surface area contributed by atoms with Crippen LogP contribution < -0.4 is 0 Å². The highest BCUT2D eigenvalue weighted by atomic mass is 31.2. The Balaban J connectivity index is 2.94. The molecule has 0 aliphatic carbocycles. The van der Waals surface area contributed by atoms with Crippen molar-refractivity contribution in [3.8, 4) is 0 Å². The van der Waals surface area contributed by atoms with E-state index in [9.17, 15) is 0 Å². The van der Waals surface area contributed by atoms with E-state index in [1.165, 1.54) is 0 Å². The van der Waals surface area contributed by atoms with Crippen LogP contribution in [0.5, 0.6) is 0 Å². The number of aromatic nitrogens is 1. The Hall–Kier alpha value is -0.680. The Morgan fingerprint density at radius 1 is 0.708 bits per heavy atom. The molecule has 136 valence electrons. The van der Waals surface area contributed by atoms with Gasteiger partial charge >= 0.3 is 0 Å². The molecule has 0 saturated carbocycles. The quantitative estimate of drug-likeness (QED) is 0.520. The van der Waals surface area contributed by atoms with Crippen LogP contribution in [0.4, 0.5) is 0 Å². The van der Waals surface area contributed by atoms with Gasteiger partial charge in [-0.15, -0.1) is 0 Å². The Morgan fingerprint density at radius 3 is 1.25 bits per heavy atom. The average Bonchev–Trinajstić information content (AvgIpc) is 2.79. The molecule has 0 atom stereocenters. The first-order valence-corrected chi connectivity index (χ1v) is 10.1. The van der Waals surface area contributed by atoms with Crippen molar-refractivity contribution in [3.63, 3.8) is 0 Å². The molecule has 1 aromatic rings. The van der Waals surface area contributed by atoms with Crippen molar-refractivity contribution in [2.75, 3.05) is 56.4 Å². The summed E-state index contributed by atoms with van der Waals surface area (Å²) in [4.78, 5) is 0. The first-order valence-electron chi connectivity index (χ1n) is 7.68. The molecular weight excluding hydrogens is 340 g/mol. The molecule has 7 nitrogen and oxygen atoms in total. The summed E-state index contributed by atoms with van der Waals surface area (Å²) in [6.45, 7) is 0. The summed E-state index contributed by atoms with van der Waals surface area (Å²) in [5, 5.41) is 0. The first-order chi connectivity index (χ1) is 11.1. The van der Waals surface area contributed by atoms with E-state index in [0.29, 0.717) is 0 Å². The second kappa shape index (κ2) is 9.71. The molecule has 0 amide bonds.